The van der Waals surface area contributed by atoms with Crippen LogP contribution in [0.2, 0.25) is 9.26 Å². The Kier molecular flexibility index (Phi) is 4.25. The zero-order valence-corrected chi connectivity index (χ0v) is 19.6. The van der Waals surface area contributed by atoms with E-state index >= 15 is 0 Å². The zero-order chi connectivity index (χ0) is 18.8. The van der Waals surface area contributed by atoms with Crippen LogP contribution in [-0.4, -0.2) is 0 Å². The Morgan fingerprint density at radius 3 is 1.52 bits per heavy atom. The molecular formula is C26H30Zr. The fraction of sp³-hybridized carbons (Fsp3) is 0.385. The van der Waals surface area contributed by atoms with E-state index in [4.69, 9.17) is 0 Å². The second-order valence-electron chi connectivity index (χ2n) is 9.39. The van der Waals surface area contributed by atoms with Crippen LogP contribution in [0.25, 0.3) is 11.1 Å². The van der Waals surface area contributed by atoms with Crippen LogP contribution in [0.15, 0.2) is 59.7 Å². The van der Waals surface area contributed by atoms with Gasteiger partial charge in [-0.3, -0.25) is 0 Å². The third kappa shape index (κ3) is 2.50. The van der Waals surface area contributed by atoms with Gasteiger partial charge in [-0.1, -0.05) is 0 Å². The van der Waals surface area contributed by atoms with Crippen molar-refractivity contribution in [3.63, 3.8) is 0 Å². The topological polar surface area (TPSA) is 0 Å². The molecule has 1 heteroatoms. The van der Waals surface area contributed by atoms with Gasteiger partial charge in [-0.05, 0) is 0 Å². The van der Waals surface area contributed by atoms with Crippen molar-refractivity contribution in [1.82, 2.24) is 0 Å². The van der Waals surface area contributed by atoms with E-state index in [1.165, 1.54) is 25.7 Å². The molecule has 138 valence electrons. The van der Waals surface area contributed by atoms with Crippen LogP contribution in [0.5, 0.6) is 0 Å². The molecule has 0 nitrogen and oxygen atoms in total. The molecule has 3 aliphatic rings. The molecule has 2 aromatic carbocycles. The monoisotopic (exact) mass is 432 g/mol. The summed E-state index contributed by atoms with van der Waals surface area (Å²) in [4.78, 5) is 0. The van der Waals surface area contributed by atoms with Gasteiger partial charge in [0.25, 0.3) is 0 Å². The summed E-state index contributed by atoms with van der Waals surface area (Å²) in [6.45, 7) is 4.94. The Morgan fingerprint density at radius 1 is 0.667 bits per heavy atom. The molecule has 0 saturated heterocycles. The molecule has 2 aromatic rings. The van der Waals surface area contributed by atoms with Crippen LogP contribution in [0, 0.1) is 0 Å². The van der Waals surface area contributed by atoms with Gasteiger partial charge in [0.05, 0.1) is 0 Å². The van der Waals surface area contributed by atoms with E-state index in [0.717, 1.165) is 7.25 Å². The van der Waals surface area contributed by atoms with Crippen molar-refractivity contribution in [1.29, 1.82) is 0 Å². The van der Waals surface area contributed by atoms with Crippen LogP contribution >= 0.6 is 0 Å². The van der Waals surface area contributed by atoms with E-state index in [-0.39, 0.29) is 0 Å². The number of allylic oxidation sites excluding steroid dienone is 4. The molecule has 0 amide bonds. The summed E-state index contributed by atoms with van der Waals surface area (Å²) in [6.07, 6.45) is 5.15. The number of fused-ring (bicyclic) bond motifs is 8. The van der Waals surface area contributed by atoms with Gasteiger partial charge in [-0.15, -0.1) is 0 Å². The van der Waals surface area contributed by atoms with E-state index in [9.17, 15) is 0 Å². The molecular weight excluding hydrogens is 404 g/mol. The zero-order valence-electron chi connectivity index (χ0n) is 17.1. The minimum atomic E-state index is -2.61. The molecule has 5 rings (SSSR count). The molecule has 1 aliphatic heterocycles. The van der Waals surface area contributed by atoms with Gasteiger partial charge < -0.3 is 0 Å². The molecule has 0 saturated carbocycles. The van der Waals surface area contributed by atoms with Gasteiger partial charge in [0.15, 0.2) is 0 Å². The number of rotatable bonds is 0. The molecule has 0 aromatic heterocycles. The van der Waals surface area contributed by atoms with E-state index in [1.807, 2.05) is 0 Å². The summed E-state index contributed by atoms with van der Waals surface area (Å²) in [5.41, 5.74) is 13.3. The molecule has 1 heterocycles. The minimum absolute atomic E-state index is 0.718. The first-order valence-corrected chi connectivity index (χ1v) is 18.3. The van der Waals surface area contributed by atoms with E-state index in [0.29, 0.717) is 0 Å². The van der Waals surface area contributed by atoms with Crippen LogP contribution in [0.1, 0.15) is 69.0 Å². The van der Waals surface area contributed by atoms with Gasteiger partial charge in [-0.25, -0.2) is 0 Å². The van der Waals surface area contributed by atoms with Crippen molar-refractivity contribution in [2.45, 2.75) is 56.0 Å². The van der Waals surface area contributed by atoms with Crippen molar-refractivity contribution in [3.05, 3.63) is 81.9 Å². The number of hydrogen-bond donors (Lipinski definition) is 0. The molecule has 2 atom stereocenters. The molecule has 2 unspecified atom stereocenters. The van der Waals surface area contributed by atoms with E-state index < -0.39 is 20.3 Å². The molecule has 0 fully saturated rings. The maximum absolute atomic E-state index is 2.73. The second kappa shape index (κ2) is 6.42. The summed E-state index contributed by atoms with van der Waals surface area (Å²) < 4.78 is 6.90. The molecule has 27 heavy (non-hydrogen) atoms. The fourth-order valence-corrected chi connectivity index (χ4v) is 19.0. The molecule has 0 spiro atoms. The van der Waals surface area contributed by atoms with Gasteiger partial charge in [0, 0.05) is 0 Å². The van der Waals surface area contributed by atoms with Crippen LogP contribution < -0.4 is 0 Å². The summed E-state index contributed by atoms with van der Waals surface area (Å²) in [7, 11) is 0. The molecule has 0 N–H and O–H groups in total. The summed E-state index contributed by atoms with van der Waals surface area (Å²) >= 11 is -2.61. The Hall–Kier alpha value is -1.20. The van der Waals surface area contributed by atoms with Crippen molar-refractivity contribution >= 4 is 11.1 Å². The third-order valence-electron chi connectivity index (χ3n) is 7.60. The predicted molar refractivity (Wildman–Crippen MR) is 114 cm³/mol. The first-order chi connectivity index (χ1) is 13.0. The Bertz CT molecular complexity index is 909. The van der Waals surface area contributed by atoms with E-state index in [1.54, 1.807) is 44.5 Å². The van der Waals surface area contributed by atoms with Crippen molar-refractivity contribution < 1.29 is 20.3 Å². The quantitative estimate of drug-likeness (QED) is 0.396. The number of benzene rings is 2. The standard InChI is InChI=1S/C24H24.2CH3.Zr/c1-17-15-19-9-3-5-13-23(19)21(17)11-7-8-12-22-18(2)16-20-10-4-6-14-24(20)22;;;/h3-6,9-10,13-16H,7-8,11-12H2,1-2H3;2*1H3;. The average molecular weight is 434 g/mol. The summed E-state index contributed by atoms with van der Waals surface area (Å²) in [5.74, 6) is 0. The fourth-order valence-electron chi connectivity index (χ4n) is 6.64. The predicted octanol–water partition coefficient (Wildman–Crippen LogP) is 7.87. The molecule has 4 bridgehead atoms. The van der Waals surface area contributed by atoms with Crippen LogP contribution in [0.3, 0.4) is 0 Å². The molecule has 0 radical (unpaired) electrons. The Labute approximate surface area is 168 Å². The van der Waals surface area contributed by atoms with Gasteiger partial charge >= 0.3 is 169 Å². The first kappa shape index (κ1) is 17.9. The first-order valence-electron chi connectivity index (χ1n) is 10.6. The third-order valence-corrected chi connectivity index (χ3v) is 18.6. The summed E-state index contributed by atoms with van der Waals surface area (Å²) in [6, 6.07) is 18.7. The SMILES string of the molecule is CC1=C2CCCCC3=C(C)[CH](c4ccccc43)[Zr]([CH3])([CH3])[CH]1c1ccccc12. The molecule has 2 aliphatic carbocycles. The number of hydrogen-bond acceptors (Lipinski definition) is 0. The van der Waals surface area contributed by atoms with Crippen molar-refractivity contribution in [2.75, 3.05) is 0 Å². The van der Waals surface area contributed by atoms with E-state index in [2.05, 4.69) is 71.6 Å². The van der Waals surface area contributed by atoms with Gasteiger partial charge in [0.1, 0.15) is 0 Å². The Morgan fingerprint density at radius 2 is 1.07 bits per heavy atom. The van der Waals surface area contributed by atoms with Crippen molar-refractivity contribution in [3.8, 4) is 0 Å². The van der Waals surface area contributed by atoms with Crippen LogP contribution in [-0.2, 0) is 20.3 Å². The second-order valence-corrected chi connectivity index (χ2v) is 21.2. The van der Waals surface area contributed by atoms with Crippen LogP contribution in [0.4, 0.5) is 0 Å². The average Bonchev–Trinajstić information content (AvgIpc) is 3.09. The van der Waals surface area contributed by atoms with Gasteiger partial charge in [-0.2, -0.15) is 0 Å². The van der Waals surface area contributed by atoms with Gasteiger partial charge in [0.2, 0.25) is 0 Å². The maximum atomic E-state index is 2.73. The summed E-state index contributed by atoms with van der Waals surface area (Å²) in [5, 5.41) is 0. The Balaban J connectivity index is 1.77. The normalized spacial score (nSPS) is 25.9. The van der Waals surface area contributed by atoms with Crippen molar-refractivity contribution in [2.24, 2.45) is 0 Å².